The summed E-state index contributed by atoms with van der Waals surface area (Å²) in [6.45, 7) is 0. The summed E-state index contributed by atoms with van der Waals surface area (Å²) in [5.41, 5.74) is 0.0344. The van der Waals surface area contributed by atoms with Crippen molar-refractivity contribution in [1.82, 2.24) is 0 Å². The number of rotatable bonds is 3. The summed E-state index contributed by atoms with van der Waals surface area (Å²) >= 11 is 1.25. The van der Waals surface area contributed by atoms with Crippen molar-refractivity contribution in [2.24, 2.45) is 0 Å². The molecule has 90 valence electrons. The summed E-state index contributed by atoms with van der Waals surface area (Å²) in [4.78, 5) is 0.498. The van der Waals surface area contributed by atoms with Gasteiger partial charge in [-0.25, -0.2) is 8.78 Å². The molecule has 0 spiro atoms. The Balaban J connectivity index is 2.40. The minimum Gasteiger partial charge on any atom is -0.495 e. The number of aliphatic hydroxyl groups is 1. The van der Waals surface area contributed by atoms with Crippen LogP contribution in [0.2, 0.25) is 0 Å². The summed E-state index contributed by atoms with van der Waals surface area (Å²) in [6, 6.07) is 4.78. The molecule has 2 rings (SSSR count). The van der Waals surface area contributed by atoms with E-state index in [2.05, 4.69) is 0 Å². The molecule has 1 aromatic carbocycles. The van der Waals surface area contributed by atoms with Gasteiger partial charge < -0.3 is 9.84 Å². The maximum Gasteiger partial charge on any atom is 0.135 e. The summed E-state index contributed by atoms with van der Waals surface area (Å²) in [5, 5.41) is 11.8. The molecule has 2 aromatic rings. The Bertz CT molecular complexity index is 525. The maximum atomic E-state index is 13.5. The van der Waals surface area contributed by atoms with Gasteiger partial charge in [0.2, 0.25) is 0 Å². The molecular weight excluding hydrogens is 246 g/mol. The number of hydrogen-bond acceptors (Lipinski definition) is 3. The lowest BCUT2D eigenvalue weighted by molar-refractivity contribution is 0.213. The Morgan fingerprint density at radius 1 is 1.29 bits per heavy atom. The van der Waals surface area contributed by atoms with Crippen molar-refractivity contribution in [2.75, 3.05) is 7.11 Å². The fraction of sp³-hybridized carbons (Fsp3) is 0.167. The second kappa shape index (κ2) is 4.81. The first-order valence-electron chi connectivity index (χ1n) is 4.88. The average molecular weight is 256 g/mol. The Morgan fingerprint density at radius 2 is 2.06 bits per heavy atom. The number of benzene rings is 1. The van der Waals surface area contributed by atoms with E-state index in [9.17, 15) is 13.9 Å². The maximum absolute atomic E-state index is 13.5. The molecule has 1 unspecified atom stereocenters. The van der Waals surface area contributed by atoms with Crippen LogP contribution in [0.3, 0.4) is 0 Å². The highest BCUT2D eigenvalue weighted by Gasteiger charge is 2.20. The van der Waals surface area contributed by atoms with E-state index in [0.717, 1.165) is 12.1 Å². The standard InChI is InChI=1S/C12H10F2O2S/c1-16-10-4-5-17-12(10)11(15)8-3-2-7(13)6-9(8)14/h2-6,11,15H,1H3. The zero-order chi connectivity index (χ0) is 12.4. The molecule has 17 heavy (non-hydrogen) atoms. The first-order chi connectivity index (χ1) is 8.13. The quantitative estimate of drug-likeness (QED) is 0.914. The van der Waals surface area contributed by atoms with Gasteiger partial charge in [0.15, 0.2) is 0 Å². The lowest BCUT2D eigenvalue weighted by Gasteiger charge is -2.12. The molecule has 1 aromatic heterocycles. The van der Waals surface area contributed by atoms with Crippen LogP contribution in [0.4, 0.5) is 8.78 Å². The topological polar surface area (TPSA) is 29.5 Å². The first-order valence-corrected chi connectivity index (χ1v) is 5.76. The molecule has 0 aliphatic heterocycles. The van der Waals surface area contributed by atoms with Crippen molar-refractivity contribution < 1.29 is 18.6 Å². The van der Waals surface area contributed by atoms with Gasteiger partial charge in [-0.2, -0.15) is 0 Å². The lowest BCUT2D eigenvalue weighted by Crippen LogP contribution is -2.02. The van der Waals surface area contributed by atoms with E-state index in [1.54, 1.807) is 11.4 Å². The minimum atomic E-state index is -1.15. The Labute approximate surface area is 101 Å². The summed E-state index contributed by atoms with van der Waals surface area (Å²) in [5.74, 6) is -0.948. The van der Waals surface area contributed by atoms with Gasteiger partial charge in [-0.1, -0.05) is 6.07 Å². The molecule has 0 fully saturated rings. The SMILES string of the molecule is COc1ccsc1C(O)c1ccc(F)cc1F. The zero-order valence-corrected chi connectivity index (χ0v) is 9.80. The van der Waals surface area contributed by atoms with E-state index >= 15 is 0 Å². The van der Waals surface area contributed by atoms with Crippen molar-refractivity contribution in [3.05, 3.63) is 51.7 Å². The highest BCUT2D eigenvalue weighted by atomic mass is 32.1. The molecule has 0 saturated carbocycles. The van der Waals surface area contributed by atoms with E-state index < -0.39 is 17.7 Å². The third-order valence-electron chi connectivity index (χ3n) is 2.38. The number of aliphatic hydroxyl groups excluding tert-OH is 1. The van der Waals surface area contributed by atoms with E-state index in [4.69, 9.17) is 4.74 Å². The van der Waals surface area contributed by atoms with Crippen LogP contribution in [-0.4, -0.2) is 12.2 Å². The van der Waals surface area contributed by atoms with Crippen molar-refractivity contribution in [3.63, 3.8) is 0 Å². The second-order valence-corrected chi connectivity index (χ2v) is 4.37. The highest BCUT2D eigenvalue weighted by molar-refractivity contribution is 7.10. The van der Waals surface area contributed by atoms with Crippen molar-refractivity contribution in [1.29, 1.82) is 0 Å². The Morgan fingerprint density at radius 3 is 2.71 bits per heavy atom. The number of hydrogen-bond donors (Lipinski definition) is 1. The van der Waals surface area contributed by atoms with Gasteiger partial charge >= 0.3 is 0 Å². The number of methoxy groups -OCH3 is 1. The van der Waals surface area contributed by atoms with Crippen LogP contribution in [0.5, 0.6) is 5.75 Å². The normalized spacial score (nSPS) is 12.5. The van der Waals surface area contributed by atoms with E-state index in [-0.39, 0.29) is 5.56 Å². The monoisotopic (exact) mass is 256 g/mol. The van der Waals surface area contributed by atoms with Gasteiger partial charge in [-0.15, -0.1) is 11.3 Å². The first kappa shape index (κ1) is 12.0. The molecule has 0 amide bonds. The molecule has 0 aliphatic carbocycles. The fourth-order valence-electron chi connectivity index (χ4n) is 1.54. The van der Waals surface area contributed by atoms with Crippen LogP contribution in [0, 0.1) is 11.6 Å². The van der Waals surface area contributed by atoms with Crippen LogP contribution in [-0.2, 0) is 0 Å². The summed E-state index contributed by atoms with van der Waals surface area (Å²) in [7, 11) is 1.47. The Kier molecular flexibility index (Phi) is 3.40. The molecule has 0 aliphatic rings. The van der Waals surface area contributed by atoms with Gasteiger partial charge in [-0.05, 0) is 17.5 Å². The van der Waals surface area contributed by atoms with Crippen LogP contribution in [0.15, 0.2) is 29.6 Å². The molecule has 0 saturated heterocycles. The van der Waals surface area contributed by atoms with Crippen LogP contribution < -0.4 is 4.74 Å². The molecular formula is C12H10F2O2S. The smallest absolute Gasteiger partial charge is 0.135 e. The van der Waals surface area contributed by atoms with Crippen molar-refractivity contribution in [3.8, 4) is 5.75 Å². The molecule has 5 heteroatoms. The zero-order valence-electron chi connectivity index (χ0n) is 8.98. The number of thiophene rings is 1. The van der Waals surface area contributed by atoms with Gasteiger partial charge in [0.25, 0.3) is 0 Å². The second-order valence-electron chi connectivity index (χ2n) is 3.42. The van der Waals surface area contributed by atoms with E-state index in [1.807, 2.05) is 0 Å². The largest absolute Gasteiger partial charge is 0.495 e. The van der Waals surface area contributed by atoms with Crippen LogP contribution in [0.25, 0.3) is 0 Å². The molecule has 0 bridgehead atoms. The average Bonchev–Trinajstić information content (AvgIpc) is 2.76. The van der Waals surface area contributed by atoms with Gasteiger partial charge in [-0.3, -0.25) is 0 Å². The lowest BCUT2D eigenvalue weighted by atomic mass is 10.1. The van der Waals surface area contributed by atoms with Gasteiger partial charge in [0.05, 0.1) is 12.0 Å². The molecule has 0 radical (unpaired) electrons. The molecule has 1 N–H and O–H groups in total. The molecule has 1 heterocycles. The van der Waals surface area contributed by atoms with E-state index in [1.165, 1.54) is 24.5 Å². The Hall–Kier alpha value is -1.46. The minimum absolute atomic E-state index is 0.0344. The van der Waals surface area contributed by atoms with E-state index in [0.29, 0.717) is 10.6 Å². The van der Waals surface area contributed by atoms with Crippen LogP contribution in [0.1, 0.15) is 16.5 Å². The van der Waals surface area contributed by atoms with Gasteiger partial charge in [0.1, 0.15) is 23.5 Å². The third-order valence-corrected chi connectivity index (χ3v) is 3.33. The van der Waals surface area contributed by atoms with Crippen molar-refractivity contribution >= 4 is 11.3 Å². The van der Waals surface area contributed by atoms with Gasteiger partial charge in [0, 0.05) is 11.6 Å². The third kappa shape index (κ3) is 2.30. The summed E-state index contributed by atoms with van der Waals surface area (Å²) in [6.07, 6.45) is -1.15. The predicted molar refractivity (Wildman–Crippen MR) is 61.3 cm³/mol. The van der Waals surface area contributed by atoms with Crippen LogP contribution >= 0.6 is 11.3 Å². The number of ether oxygens (including phenoxy) is 1. The molecule has 2 nitrogen and oxygen atoms in total. The number of halogens is 2. The summed E-state index contributed by atoms with van der Waals surface area (Å²) < 4.78 is 31.3. The highest BCUT2D eigenvalue weighted by Crippen LogP contribution is 2.35. The molecule has 1 atom stereocenters. The predicted octanol–water partition coefficient (Wildman–Crippen LogP) is 3.12. The van der Waals surface area contributed by atoms with Crippen molar-refractivity contribution in [2.45, 2.75) is 6.10 Å². The fourth-order valence-corrected chi connectivity index (χ4v) is 2.40.